The molecule has 100 valence electrons. The number of carboxylic acids is 1. The monoisotopic (exact) mass is 261 g/mol. The molecule has 0 spiro atoms. The second-order valence-corrected chi connectivity index (χ2v) is 5.26. The number of ether oxygens (including phenoxy) is 1. The summed E-state index contributed by atoms with van der Waals surface area (Å²) in [5, 5.41) is 9.27. The van der Waals surface area contributed by atoms with Crippen LogP contribution >= 0.6 is 0 Å². The average molecular weight is 261 g/mol. The van der Waals surface area contributed by atoms with Gasteiger partial charge < -0.3 is 9.84 Å². The summed E-state index contributed by atoms with van der Waals surface area (Å²) in [5.74, 6) is -0.599. The number of benzene rings is 1. The van der Waals surface area contributed by atoms with Crippen LogP contribution in [0.2, 0.25) is 0 Å². The largest absolute Gasteiger partial charge is 0.479 e. The van der Waals surface area contributed by atoms with E-state index in [-0.39, 0.29) is 6.61 Å². The molecule has 2 aliphatic heterocycles. The summed E-state index contributed by atoms with van der Waals surface area (Å²) in [4.78, 5) is 24.7. The van der Waals surface area contributed by atoms with E-state index in [9.17, 15) is 14.7 Å². The molecule has 0 atom stereocenters. The van der Waals surface area contributed by atoms with Gasteiger partial charge >= 0.3 is 12.1 Å². The molecule has 1 aliphatic carbocycles. The lowest BCUT2D eigenvalue weighted by Gasteiger charge is -2.37. The molecule has 1 amide bonds. The number of rotatable bonds is 3. The van der Waals surface area contributed by atoms with Crippen LogP contribution in [0.5, 0.6) is 0 Å². The second kappa shape index (κ2) is 4.26. The number of carbonyl (C=O) groups excluding carboxylic acids is 1. The van der Waals surface area contributed by atoms with Crippen molar-refractivity contribution in [2.24, 2.45) is 5.92 Å². The molecule has 19 heavy (non-hydrogen) atoms. The van der Waals surface area contributed by atoms with Crippen LogP contribution in [0.1, 0.15) is 18.4 Å². The average Bonchev–Trinajstić information content (AvgIpc) is 2.93. The van der Waals surface area contributed by atoms with Crippen LogP contribution in [0.25, 0.3) is 0 Å². The van der Waals surface area contributed by atoms with Crippen molar-refractivity contribution < 1.29 is 19.4 Å². The molecule has 1 saturated carbocycles. The molecular weight excluding hydrogens is 246 g/mol. The Hall–Kier alpha value is -2.04. The molecule has 2 bridgehead atoms. The highest BCUT2D eigenvalue weighted by molar-refractivity contribution is 5.87. The Labute approximate surface area is 110 Å². The summed E-state index contributed by atoms with van der Waals surface area (Å²) in [5.41, 5.74) is -0.106. The van der Waals surface area contributed by atoms with E-state index in [1.54, 1.807) is 0 Å². The number of hydrogen-bond acceptors (Lipinski definition) is 3. The van der Waals surface area contributed by atoms with Crippen molar-refractivity contribution in [3.63, 3.8) is 0 Å². The highest BCUT2D eigenvalue weighted by atomic mass is 16.6. The van der Waals surface area contributed by atoms with Crippen molar-refractivity contribution in [2.75, 3.05) is 6.54 Å². The Morgan fingerprint density at radius 1 is 1.32 bits per heavy atom. The zero-order valence-electron chi connectivity index (χ0n) is 10.4. The zero-order chi connectivity index (χ0) is 13.5. The van der Waals surface area contributed by atoms with Crippen molar-refractivity contribution in [3.05, 3.63) is 35.9 Å². The third-order valence-corrected chi connectivity index (χ3v) is 4.03. The minimum absolute atomic E-state index is 0.177. The molecule has 0 unspecified atom stereocenters. The highest BCUT2D eigenvalue weighted by Gasteiger charge is 2.63. The Kier molecular flexibility index (Phi) is 2.69. The van der Waals surface area contributed by atoms with Crippen LogP contribution in [0.4, 0.5) is 4.79 Å². The van der Waals surface area contributed by atoms with Gasteiger partial charge in [-0.25, -0.2) is 9.59 Å². The molecule has 5 heteroatoms. The number of nitrogens with zero attached hydrogens (tertiary/aromatic N) is 1. The van der Waals surface area contributed by atoms with Crippen LogP contribution in [0.15, 0.2) is 30.3 Å². The summed E-state index contributed by atoms with van der Waals surface area (Å²) in [6, 6.07) is 9.36. The highest BCUT2D eigenvalue weighted by Crippen LogP contribution is 2.50. The Morgan fingerprint density at radius 3 is 2.63 bits per heavy atom. The quantitative estimate of drug-likeness (QED) is 0.902. The smallest absolute Gasteiger partial charge is 0.411 e. The van der Waals surface area contributed by atoms with Gasteiger partial charge in [-0.2, -0.15) is 0 Å². The van der Waals surface area contributed by atoms with Gasteiger partial charge in [0.2, 0.25) is 0 Å². The summed E-state index contributed by atoms with van der Waals surface area (Å²) in [6.45, 7) is 0.677. The van der Waals surface area contributed by atoms with Gasteiger partial charge in [0.05, 0.1) is 0 Å². The zero-order valence-corrected chi connectivity index (χ0v) is 10.4. The molecule has 2 saturated heterocycles. The Balaban J connectivity index is 1.64. The second-order valence-electron chi connectivity index (χ2n) is 5.26. The minimum Gasteiger partial charge on any atom is -0.479 e. The van der Waals surface area contributed by atoms with E-state index >= 15 is 0 Å². The third-order valence-electron chi connectivity index (χ3n) is 4.03. The van der Waals surface area contributed by atoms with Gasteiger partial charge in [-0.05, 0) is 24.3 Å². The van der Waals surface area contributed by atoms with E-state index < -0.39 is 17.6 Å². The maximum atomic E-state index is 12.0. The normalized spacial score (nSPS) is 27.8. The molecule has 0 aromatic heterocycles. The first-order valence-corrected chi connectivity index (χ1v) is 6.33. The molecule has 1 N–H and O–H groups in total. The lowest BCUT2D eigenvalue weighted by atomic mass is 9.73. The fraction of sp³-hybridized carbons (Fsp3) is 0.429. The maximum absolute atomic E-state index is 12.0. The van der Waals surface area contributed by atoms with Crippen molar-refractivity contribution in [2.45, 2.75) is 25.0 Å². The fourth-order valence-corrected chi connectivity index (χ4v) is 3.01. The first-order valence-electron chi connectivity index (χ1n) is 6.33. The topological polar surface area (TPSA) is 66.8 Å². The number of fused-ring (bicyclic) bond motifs is 1. The number of carboxylic acid groups (broad SMARTS) is 1. The van der Waals surface area contributed by atoms with Gasteiger partial charge in [-0.3, -0.25) is 4.90 Å². The van der Waals surface area contributed by atoms with Crippen LogP contribution in [-0.2, 0) is 16.1 Å². The third kappa shape index (κ3) is 1.85. The van der Waals surface area contributed by atoms with Crippen molar-refractivity contribution in [3.8, 4) is 0 Å². The van der Waals surface area contributed by atoms with E-state index in [4.69, 9.17) is 4.74 Å². The van der Waals surface area contributed by atoms with Gasteiger partial charge in [0.15, 0.2) is 0 Å². The van der Waals surface area contributed by atoms with E-state index in [0.717, 1.165) is 5.56 Å². The fourth-order valence-electron chi connectivity index (χ4n) is 3.01. The molecule has 5 nitrogen and oxygen atoms in total. The predicted octanol–water partition coefficient (Wildman–Crippen LogP) is 1.87. The summed E-state index contributed by atoms with van der Waals surface area (Å²) in [7, 11) is 0. The molecule has 3 fully saturated rings. The summed E-state index contributed by atoms with van der Waals surface area (Å²) < 4.78 is 5.21. The standard InChI is InChI=1S/C14H15NO4/c16-12(17)14-6-11(7-14)8-15(14)13(18)19-9-10-4-2-1-3-5-10/h1-5,11H,6-9H2,(H,16,17). The van der Waals surface area contributed by atoms with Gasteiger partial charge in [-0.1, -0.05) is 30.3 Å². The van der Waals surface area contributed by atoms with Crippen LogP contribution < -0.4 is 0 Å². The molecule has 3 aliphatic rings. The predicted molar refractivity (Wildman–Crippen MR) is 66.4 cm³/mol. The maximum Gasteiger partial charge on any atom is 0.411 e. The van der Waals surface area contributed by atoms with Crippen molar-refractivity contribution in [1.82, 2.24) is 4.90 Å². The summed E-state index contributed by atoms with van der Waals surface area (Å²) in [6.07, 6.45) is 0.595. The molecule has 1 aromatic rings. The first kappa shape index (κ1) is 12.0. The van der Waals surface area contributed by atoms with Crippen LogP contribution in [0, 0.1) is 5.92 Å². The van der Waals surface area contributed by atoms with Gasteiger partial charge in [0.1, 0.15) is 12.1 Å². The van der Waals surface area contributed by atoms with E-state index in [1.807, 2.05) is 30.3 Å². The first-order chi connectivity index (χ1) is 9.12. The van der Waals surface area contributed by atoms with Crippen molar-refractivity contribution >= 4 is 12.1 Å². The van der Waals surface area contributed by atoms with Gasteiger partial charge in [0.25, 0.3) is 0 Å². The number of hydrogen-bond donors (Lipinski definition) is 1. The Bertz CT molecular complexity index is 507. The Morgan fingerprint density at radius 2 is 2.00 bits per heavy atom. The molecule has 1 aromatic carbocycles. The molecule has 4 rings (SSSR count). The van der Waals surface area contributed by atoms with E-state index in [2.05, 4.69) is 0 Å². The van der Waals surface area contributed by atoms with Gasteiger partial charge in [0, 0.05) is 6.54 Å². The molecule has 2 heterocycles. The number of carbonyl (C=O) groups is 2. The van der Waals surface area contributed by atoms with Gasteiger partial charge in [-0.15, -0.1) is 0 Å². The molecule has 0 radical (unpaired) electrons. The van der Waals surface area contributed by atoms with Crippen molar-refractivity contribution in [1.29, 1.82) is 0 Å². The lowest BCUT2D eigenvalue weighted by Crippen LogP contribution is -2.54. The number of aliphatic carboxylic acids is 1. The van der Waals surface area contributed by atoms with E-state index in [1.165, 1.54) is 4.90 Å². The minimum atomic E-state index is -1.00. The van der Waals surface area contributed by atoms with Crippen LogP contribution in [0.3, 0.4) is 0 Å². The SMILES string of the molecule is O=C(OCc1ccccc1)N1CC2CC1(C(=O)O)C2. The summed E-state index contributed by atoms with van der Waals surface area (Å²) >= 11 is 0. The lowest BCUT2D eigenvalue weighted by molar-refractivity contribution is -0.151. The molecular formula is C14H15NO4. The van der Waals surface area contributed by atoms with Crippen LogP contribution in [-0.4, -0.2) is 34.2 Å². The van der Waals surface area contributed by atoms with E-state index in [0.29, 0.717) is 25.3 Å². The number of amides is 1.